The van der Waals surface area contributed by atoms with E-state index in [-0.39, 0.29) is 0 Å². The van der Waals surface area contributed by atoms with E-state index in [2.05, 4.69) is 41.8 Å². The van der Waals surface area contributed by atoms with Crippen LogP contribution >= 0.6 is 69.6 Å². The van der Waals surface area contributed by atoms with E-state index in [1.807, 2.05) is 0 Å². The van der Waals surface area contributed by atoms with Gasteiger partial charge >= 0.3 is 10.1 Å². The summed E-state index contributed by atoms with van der Waals surface area (Å²) in [6.45, 7) is 5.12. The van der Waals surface area contributed by atoms with Gasteiger partial charge in [0.1, 0.15) is 0 Å². The van der Waals surface area contributed by atoms with Crippen molar-refractivity contribution >= 4 is 79.7 Å². The first-order valence-corrected chi connectivity index (χ1v) is 10.5. The topological polar surface area (TPSA) is 97.7 Å². The second-order valence-electron chi connectivity index (χ2n) is 4.40. The summed E-state index contributed by atoms with van der Waals surface area (Å²) in [4.78, 5) is 33.0. The van der Waals surface area contributed by atoms with E-state index in [9.17, 15) is 4.79 Å². The number of alkyl halides is 3. The molecular weight excluding hydrogens is 489 g/mol. The Morgan fingerprint density at radius 3 is 1.41 bits per heavy atom. The molecule has 0 fully saturated rings. The molecule has 0 heterocycles. The molecule has 0 aliphatic rings. The van der Waals surface area contributed by atoms with Crippen LogP contribution in [0, 0.1) is 9.93 Å². The van der Waals surface area contributed by atoms with Crippen LogP contribution in [0.2, 0.25) is 0 Å². The fraction of sp³-hybridized carbons (Fsp3) is 0.867. The van der Waals surface area contributed by atoms with Gasteiger partial charge in [-0.15, -0.1) is 0 Å². The summed E-state index contributed by atoms with van der Waals surface area (Å²) >= 11 is 28.1. The van der Waals surface area contributed by atoms with Gasteiger partial charge in [-0.05, 0) is 36.0 Å². The van der Waals surface area contributed by atoms with Crippen molar-refractivity contribution in [3.05, 3.63) is 9.93 Å². The quantitative estimate of drug-likeness (QED) is 0.188. The van der Waals surface area contributed by atoms with Gasteiger partial charge in [0.25, 0.3) is 0 Å². The molecule has 0 aliphatic heterocycles. The molecule has 0 aromatic rings. The summed E-state index contributed by atoms with van der Waals surface area (Å²) in [6, 6.07) is 0. The molecule has 0 amide bonds. The van der Waals surface area contributed by atoms with Gasteiger partial charge in [0.15, 0.2) is 4.30 Å². The molecule has 0 aromatic carbocycles. The molecule has 0 radical (unpaired) electrons. The third kappa shape index (κ3) is 121. The summed E-state index contributed by atoms with van der Waals surface area (Å²) in [5.74, 6) is 0. The van der Waals surface area contributed by atoms with Gasteiger partial charge in [-0.25, -0.2) is 4.79 Å². The van der Waals surface area contributed by atoms with Crippen LogP contribution in [0.3, 0.4) is 0 Å². The predicted molar refractivity (Wildman–Crippen MR) is 118 cm³/mol. The number of unbranched alkanes of at least 4 members (excludes halogenated alkanes) is 6. The van der Waals surface area contributed by atoms with Crippen LogP contribution in [0.25, 0.3) is 0 Å². The Hall–Kier alpha value is 0.440. The highest BCUT2D eigenvalue weighted by atomic mass is 35.6. The largest absolute Gasteiger partial charge is 0.454 e. The Kier molecular flexibility index (Phi) is 57.8. The van der Waals surface area contributed by atoms with Crippen LogP contribution in [0.5, 0.6) is 0 Å². The zero-order chi connectivity index (χ0) is 22.5. The average Bonchev–Trinajstić information content (AvgIpc) is 2.56. The molecule has 6 nitrogen and oxygen atoms in total. The molecule has 0 aromatic heterocycles. The van der Waals surface area contributed by atoms with Gasteiger partial charge in [-0.1, -0.05) is 87.2 Å². The van der Waals surface area contributed by atoms with Crippen molar-refractivity contribution in [1.29, 1.82) is 0 Å². The standard InChI is InChI=1S/C7H13ClO2.C6H14O.CHCl3.CCl2O.O2/c1-2-3-4-5-6-10-7(8)9;1-2-3-4-5-6-7;2*2-1(3)4;1-2/h2-6H2,1H3;7H,2-6H2,1H3;1H;;. The SMILES string of the molecule is CCCCCCO.CCCCCCOC(=O)Cl.ClC(Cl)Cl.O=C(Cl)Cl.O=O. The molecule has 166 valence electrons. The van der Waals surface area contributed by atoms with Crippen LogP contribution in [-0.2, 0) is 4.74 Å². The van der Waals surface area contributed by atoms with E-state index in [0.717, 1.165) is 19.3 Å². The van der Waals surface area contributed by atoms with Gasteiger partial charge in [0.2, 0.25) is 0 Å². The Morgan fingerprint density at radius 2 is 1.15 bits per heavy atom. The molecule has 0 atom stereocenters. The average molecular weight is 517 g/mol. The van der Waals surface area contributed by atoms with Gasteiger partial charge in [0.05, 0.1) is 6.61 Å². The van der Waals surface area contributed by atoms with E-state index >= 15 is 0 Å². The smallest absolute Gasteiger partial charge is 0.403 e. The zero-order valence-corrected chi connectivity index (χ0v) is 19.9. The molecule has 0 spiro atoms. The summed E-state index contributed by atoms with van der Waals surface area (Å²) in [6.07, 6.45) is 9.10. The molecule has 0 saturated heterocycles. The highest BCUT2D eigenvalue weighted by Crippen LogP contribution is 2.03. The number of hydrogen-bond donors (Lipinski definition) is 1. The number of rotatable bonds is 9. The minimum absolute atomic E-state index is 0.361. The monoisotopic (exact) mass is 514 g/mol. The fourth-order valence-corrected chi connectivity index (χ4v) is 1.30. The van der Waals surface area contributed by atoms with Crippen molar-refractivity contribution in [1.82, 2.24) is 0 Å². The molecule has 0 rings (SSSR count). The maximum absolute atomic E-state index is 10.0. The first-order chi connectivity index (χ1) is 12.6. The van der Waals surface area contributed by atoms with Crippen molar-refractivity contribution in [2.45, 2.75) is 69.5 Å². The van der Waals surface area contributed by atoms with Crippen LogP contribution in [-0.4, -0.2) is 32.7 Å². The number of carbonyl (C=O) groups excluding carboxylic acids is 2. The summed E-state index contributed by atoms with van der Waals surface area (Å²) < 4.78 is 2.88. The molecule has 0 bridgehead atoms. The number of aliphatic hydroxyl groups is 1. The second kappa shape index (κ2) is 41.0. The van der Waals surface area contributed by atoms with Gasteiger partial charge < -0.3 is 9.84 Å². The maximum Gasteiger partial charge on any atom is 0.403 e. The van der Waals surface area contributed by atoms with Crippen molar-refractivity contribution < 1.29 is 19.4 Å². The van der Waals surface area contributed by atoms with E-state index in [1.54, 1.807) is 0 Å². The van der Waals surface area contributed by atoms with Gasteiger partial charge in [-0.2, -0.15) is 0 Å². The van der Waals surface area contributed by atoms with Crippen LogP contribution < -0.4 is 0 Å². The van der Waals surface area contributed by atoms with E-state index < -0.39 is 14.4 Å². The Bertz CT molecular complexity index is 275. The molecule has 1 N–H and O–H groups in total. The number of aliphatic hydroxyl groups excluding tert-OH is 1. The third-order valence-electron chi connectivity index (χ3n) is 2.23. The highest BCUT2D eigenvalue weighted by molar-refractivity contribution is 6.93. The van der Waals surface area contributed by atoms with Crippen molar-refractivity contribution in [3.63, 3.8) is 0 Å². The zero-order valence-electron chi connectivity index (χ0n) is 15.4. The summed E-state index contributed by atoms with van der Waals surface area (Å²) in [5, 5.41) is 8.29. The maximum atomic E-state index is 10.0. The fourth-order valence-electron chi connectivity index (χ4n) is 1.22. The second-order valence-corrected chi connectivity index (χ2v) is 7.57. The number of halogens is 6. The Balaban J connectivity index is -0.0000000829. The highest BCUT2D eigenvalue weighted by Gasteiger charge is 1.93. The molecule has 12 heteroatoms. The molecule has 0 unspecified atom stereocenters. The van der Waals surface area contributed by atoms with E-state index in [0.29, 0.717) is 13.2 Å². The summed E-state index contributed by atoms with van der Waals surface area (Å²) in [7, 11) is 0. The lowest BCUT2D eigenvalue weighted by Gasteiger charge is -1.98. The minimum atomic E-state index is -0.889. The van der Waals surface area contributed by atoms with E-state index in [1.165, 1.54) is 32.1 Å². The molecular formula is C15H28Cl6O6. The Labute approximate surface area is 191 Å². The number of hydrogen-bond acceptors (Lipinski definition) is 6. The lowest BCUT2D eigenvalue weighted by molar-refractivity contribution is 0.171. The van der Waals surface area contributed by atoms with E-state index in [4.69, 9.17) is 66.2 Å². The summed E-state index contributed by atoms with van der Waals surface area (Å²) in [5.41, 5.74) is -0.698. The molecule has 0 aliphatic carbocycles. The normalized spacial score (nSPS) is 8.37. The predicted octanol–water partition coefficient (Wildman–Crippen LogP) is 8.14. The molecule has 0 saturated carbocycles. The first kappa shape index (κ1) is 38.1. The van der Waals surface area contributed by atoms with Crippen LogP contribution in [0.1, 0.15) is 65.2 Å². The van der Waals surface area contributed by atoms with Crippen molar-refractivity contribution in [2.24, 2.45) is 0 Å². The lowest BCUT2D eigenvalue weighted by atomic mass is 10.2. The van der Waals surface area contributed by atoms with Crippen molar-refractivity contribution in [3.8, 4) is 0 Å². The van der Waals surface area contributed by atoms with Gasteiger partial charge in [0, 0.05) is 28.1 Å². The Morgan fingerprint density at radius 1 is 0.815 bits per heavy atom. The third-order valence-corrected chi connectivity index (χ3v) is 2.33. The number of ether oxygens (including phenoxy) is 1. The first-order valence-electron chi connectivity index (χ1n) is 8.02. The van der Waals surface area contributed by atoms with Crippen LogP contribution in [0.15, 0.2) is 0 Å². The van der Waals surface area contributed by atoms with Crippen molar-refractivity contribution in [2.75, 3.05) is 13.2 Å². The lowest BCUT2D eigenvalue weighted by Crippen LogP contribution is -1.95. The van der Waals surface area contributed by atoms with Crippen LogP contribution in [0.4, 0.5) is 9.59 Å². The van der Waals surface area contributed by atoms with Gasteiger partial charge in [-0.3, -0.25) is 4.79 Å². The molecule has 27 heavy (non-hydrogen) atoms. The minimum Gasteiger partial charge on any atom is -0.454 e. The number of carbonyl (C=O) groups is 2.